The fourth-order valence-electron chi connectivity index (χ4n) is 5.42. The number of anilines is 2. The molecular weight excluding hydrogens is 421 g/mol. The maximum Gasteiger partial charge on any atom is 0.231 e. The van der Waals surface area contributed by atoms with Gasteiger partial charge in [-0.15, -0.1) is 0 Å². The van der Waals surface area contributed by atoms with Gasteiger partial charge < -0.3 is 14.9 Å². The molecule has 1 atom stereocenters. The van der Waals surface area contributed by atoms with Crippen molar-refractivity contribution in [1.82, 2.24) is 4.90 Å². The van der Waals surface area contributed by atoms with Gasteiger partial charge in [-0.1, -0.05) is 0 Å². The number of benzene rings is 1. The van der Waals surface area contributed by atoms with Crippen molar-refractivity contribution in [1.29, 1.82) is 0 Å². The highest BCUT2D eigenvalue weighted by atomic mass is 32.2. The van der Waals surface area contributed by atoms with Crippen LogP contribution in [0.4, 0.5) is 15.8 Å². The van der Waals surface area contributed by atoms with Crippen molar-refractivity contribution in [2.75, 3.05) is 42.1 Å². The lowest BCUT2D eigenvalue weighted by Crippen LogP contribution is -2.50. The van der Waals surface area contributed by atoms with Crippen molar-refractivity contribution >= 4 is 27.3 Å². The molecule has 1 aromatic carbocycles. The zero-order chi connectivity index (χ0) is 22.4. The molecule has 1 N–H and O–H groups in total. The normalized spacial score (nSPS) is 29.6. The summed E-state index contributed by atoms with van der Waals surface area (Å²) in [4.78, 5) is 17.4. The summed E-state index contributed by atoms with van der Waals surface area (Å²) in [6.07, 6.45) is 6.40. The molecule has 172 valence electrons. The van der Waals surface area contributed by atoms with Gasteiger partial charge in [0.15, 0.2) is 0 Å². The van der Waals surface area contributed by atoms with E-state index in [1.807, 2.05) is 9.80 Å². The van der Waals surface area contributed by atoms with Crippen molar-refractivity contribution in [2.24, 2.45) is 5.41 Å². The summed E-state index contributed by atoms with van der Waals surface area (Å²) in [5, 5.41) is 9.78. The first kappa shape index (κ1) is 22.3. The molecule has 9 heteroatoms. The second-order valence-electron chi connectivity index (χ2n) is 9.38. The van der Waals surface area contributed by atoms with E-state index in [4.69, 9.17) is 0 Å². The summed E-state index contributed by atoms with van der Waals surface area (Å²) in [6.45, 7) is 1.88. The number of nitrogens with zero attached hydrogens (tertiary/aromatic N) is 3. The molecule has 0 unspecified atom stereocenters. The van der Waals surface area contributed by atoms with Crippen LogP contribution in [-0.2, 0) is 14.8 Å². The largest absolute Gasteiger partial charge is 0.393 e. The maximum atomic E-state index is 15.0. The predicted molar refractivity (Wildman–Crippen MR) is 118 cm³/mol. The number of aliphatic hydroxyl groups excluding tert-OH is 1. The van der Waals surface area contributed by atoms with Crippen LogP contribution in [0, 0.1) is 11.2 Å². The topological polar surface area (TPSA) is 81.2 Å². The first-order chi connectivity index (χ1) is 14.6. The van der Waals surface area contributed by atoms with Crippen LogP contribution in [0.1, 0.15) is 44.9 Å². The lowest BCUT2D eigenvalue weighted by atomic mass is 9.78. The van der Waals surface area contributed by atoms with E-state index in [-0.39, 0.29) is 23.7 Å². The molecule has 3 aliphatic rings. The number of aliphatic hydroxyl groups is 1. The highest BCUT2D eigenvalue weighted by molar-refractivity contribution is 7.92. The fraction of sp³-hybridized carbons (Fsp3) is 0.682. The second-order valence-corrected chi connectivity index (χ2v) is 11.4. The Kier molecular flexibility index (Phi) is 5.93. The fourth-order valence-corrected chi connectivity index (χ4v) is 5.92. The Bertz CT molecular complexity index is 948. The molecule has 31 heavy (non-hydrogen) atoms. The van der Waals surface area contributed by atoms with Gasteiger partial charge in [0.05, 0.1) is 29.1 Å². The van der Waals surface area contributed by atoms with Crippen LogP contribution < -0.4 is 9.21 Å². The maximum absolute atomic E-state index is 15.0. The lowest BCUT2D eigenvalue weighted by molar-refractivity contribution is -0.139. The summed E-state index contributed by atoms with van der Waals surface area (Å²) < 4.78 is 39.5. The third-order valence-electron chi connectivity index (χ3n) is 7.36. The van der Waals surface area contributed by atoms with E-state index in [2.05, 4.69) is 0 Å². The Hall–Kier alpha value is -1.87. The van der Waals surface area contributed by atoms with E-state index in [1.165, 1.54) is 13.1 Å². The first-order valence-electron chi connectivity index (χ1n) is 11.1. The van der Waals surface area contributed by atoms with Gasteiger partial charge >= 0.3 is 0 Å². The van der Waals surface area contributed by atoms with Crippen LogP contribution >= 0.6 is 0 Å². The Morgan fingerprint density at radius 1 is 1.16 bits per heavy atom. The van der Waals surface area contributed by atoms with E-state index in [0.29, 0.717) is 18.8 Å². The number of piperidine rings is 1. The molecule has 0 aromatic heterocycles. The number of rotatable bonds is 4. The monoisotopic (exact) mass is 453 g/mol. The Labute approximate surface area is 183 Å². The van der Waals surface area contributed by atoms with Crippen molar-refractivity contribution < 1.29 is 22.7 Å². The number of carbonyl (C=O) groups excluding carboxylic acids is 1. The minimum Gasteiger partial charge on any atom is -0.393 e. The van der Waals surface area contributed by atoms with Crippen LogP contribution in [0.3, 0.4) is 0 Å². The average Bonchev–Trinajstić information content (AvgIpc) is 3.03. The SMILES string of the molecule is CN(c1ccc(N2CCC[C@@]3(CCN(C4CCC(O)CC4)C3=O)C2)c(F)c1)S(C)(=O)=O. The Morgan fingerprint density at radius 2 is 1.87 bits per heavy atom. The third-order valence-corrected chi connectivity index (χ3v) is 8.57. The zero-order valence-corrected chi connectivity index (χ0v) is 19.1. The summed E-state index contributed by atoms with van der Waals surface area (Å²) in [6, 6.07) is 4.67. The van der Waals surface area contributed by atoms with Crippen LogP contribution in [0.15, 0.2) is 18.2 Å². The molecule has 1 aromatic rings. The second kappa shape index (κ2) is 8.24. The van der Waals surface area contributed by atoms with Crippen LogP contribution in [0.5, 0.6) is 0 Å². The summed E-state index contributed by atoms with van der Waals surface area (Å²) in [7, 11) is -2.07. The first-order valence-corrected chi connectivity index (χ1v) is 12.9. The van der Waals surface area contributed by atoms with Crippen LogP contribution in [0.2, 0.25) is 0 Å². The number of sulfonamides is 1. The highest BCUT2D eigenvalue weighted by Crippen LogP contribution is 2.44. The zero-order valence-electron chi connectivity index (χ0n) is 18.3. The van der Waals surface area contributed by atoms with Crippen molar-refractivity contribution in [3.63, 3.8) is 0 Å². The molecule has 7 nitrogen and oxygen atoms in total. The molecule has 1 spiro atoms. The van der Waals surface area contributed by atoms with Gasteiger partial charge in [0.2, 0.25) is 15.9 Å². The number of hydrogen-bond donors (Lipinski definition) is 1. The summed E-state index contributed by atoms with van der Waals surface area (Å²) in [5.41, 5.74) is 0.207. The Balaban J connectivity index is 1.51. The molecule has 0 bridgehead atoms. The molecule has 1 amide bonds. The van der Waals surface area contributed by atoms with E-state index in [9.17, 15) is 22.7 Å². The average molecular weight is 454 g/mol. The number of halogens is 1. The number of likely N-dealkylation sites (tertiary alicyclic amines) is 1. The summed E-state index contributed by atoms with van der Waals surface area (Å²) >= 11 is 0. The number of hydrogen-bond acceptors (Lipinski definition) is 5. The standard InChI is InChI=1S/C22H32FN3O4S/c1-24(31(2,29)30)17-6-9-20(19(23)14-17)25-12-3-10-22(15-25)11-13-26(21(22)28)16-4-7-18(27)8-5-16/h6,9,14,16,18,27H,3-5,7-8,10-13,15H2,1-2H3/t16?,18?,22-/m1/s1. The molecule has 2 saturated heterocycles. The van der Waals surface area contributed by atoms with E-state index in [0.717, 1.165) is 62.1 Å². The van der Waals surface area contributed by atoms with Crippen LogP contribution in [0.25, 0.3) is 0 Å². The molecule has 1 saturated carbocycles. The molecule has 2 aliphatic heterocycles. The van der Waals surface area contributed by atoms with Gasteiger partial charge in [0, 0.05) is 38.8 Å². The van der Waals surface area contributed by atoms with Gasteiger partial charge in [-0.3, -0.25) is 9.10 Å². The molecular formula is C22H32FN3O4S. The molecule has 3 fully saturated rings. The highest BCUT2D eigenvalue weighted by Gasteiger charge is 2.50. The van der Waals surface area contributed by atoms with Crippen molar-refractivity contribution in [3.8, 4) is 0 Å². The summed E-state index contributed by atoms with van der Waals surface area (Å²) in [5.74, 6) is -0.305. The van der Waals surface area contributed by atoms with Crippen LogP contribution in [-0.4, -0.2) is 69.4 Å². The van der Waals surface area contributed by atoms with E-state index < -0.39 is 21.3 Å². The van der Waals surface area contributed by atoms with Crippen molar-refractivity contribution in [2.45, 2.75) is 57.1 Å². The molecule has 1 aliphatic carbocycles. The quantitative estimate of drug-likeness (QED) is 0.757. The molecule has 2 heterocycles. The molecule has 4 rings (SSSR count). The lowest BCUT2D eigenvalue weighted by Gasteiger charge is -2.41. The number of carbonyl (C=O) groups is 1. The van der Waals surface area contributed by atoms with Crippen molar-refractivity contribution in [3.05, 3.63) is 24.0 Å². The van der Waals surface area contributed by atoms with Gasteiger partial charge in [0.1, 0.15) is 5.82 Å². The minimum absolute atomic E-state index is 0.174. The van der Waals surface area contributed by atoms with Gasteiger partial charge in [-0.25, -0.2) is 12.8 Å². The van der Waals surface area contributed by atoms with E-state index in [1.54, 1.807) is 12.1 Å². The molecule has 0 radical (unpaired) electrons. The van der Waals surface area contributed by atoms with Gasteiger partial charge in [0.25, 0.3) is 0 Å². The predicted octanol–water partition coefficient (Wildman–Crippen LogP) is 2.34. The third kappa shape index (κ3) is 4.26. The Morgan fingerprint density at radius 3 is 2.52 bits per heavy atom. The smallest absolute Gasteiger partial charge is 0.231 e. The number of amides is 1. The van der Waals surface area contributed by atoms with Gasteiger partial charge in [-0.2, -0.15) is 0 Å². The van der Waals surface area contributed by atoms with E-state index >= 15 is 0 Å². The minimum atomic E-state index is -3.47. The van der Waals surface area contributed by atoms with Gasteiger partial charge in [-0.05, 0) is 57.1 Å².